The van der Waals surface area contributed by atoms with Gasteiger partial charge in [0.25, 0.3) is 0 Å². The maximum Gasteiger partial charge on any atom is 0.0596 e. The van der Waals surface area contributed by atoms with Crippen LogP contribution in [0.1, 0.15) is 40.5 Å². The fourth-order valence-electron chi connectivity index (χ4n) is 2.02. The van der Waals surface area contributed by atoms with Crippen LogP contribution in [-0.4, -0.2) is 11.2 Å². The number of aliphatic hydroxyl groups is 1. The Labute approximate surface area is 69.8 Å². The Kier molecular flexibility index (Phi) is 2.29. The highest BCUT2D eigenvalue weighted by molar-refractivity contribution is 4.89. The lowest BCUT2D eigenvalue weighted by atomic mass is 9.65. The molecule has 11 heavy (non-hydrogen) atoms. The second kappa shape index (κ2) is 2.78. The van der Waals surface area contributed by atoms with Gasteiger partial charge in [0.2, 0.25) is 0 Å². The Balaban J connectivity index is 2.67. The van der Waals surface area contributed by atoms with Crippen molar-refractivity contribution in [1.29, 1.82) is 0 Å². The van der Waals surface area contributed by atoms with Crippen molar-refractivity contribution in [3.8, 4) is 0 Å². The third-order valence-corrected chi connectivity index (χ3v) is 3.51. The minimum absolute atomic E-state index is 0.0961. The number of hydrogen-bond acceptors (Lipinski definition) is 1. The van der Waals surface area contributed by atoms with Crippen LogP contribution in [0.5, 0.6) is 0 Å². The maximum atomic E-state index is 9.78. The van der Waals surface area contributed by atoms with Crippen LogP contribution in [0.15, 0.2) is 0 Å². The predicted molar refractivity (Wildman–Crippen MR) is 47.3 cm³/mol. The third-order valence-electron chi connectivity index (χ3n) is 3.51. The SMILES string of the molecule is C[C@@H]1C[C@@H](C)C(C)(C)[C@@H](O)C1. The molecule has 1 saturated carbocycles. The van der Waals surface area contributed by atoms with Crippen LogP contribution in [-0.2, 0) is 0 Å². The summed E-state index contributed by atoms with van der Waals surface area (Å²) in [6.45, 7) is 8.83. The molecule has 0 aromatic carbocycles. The van der Waals surface area contributed by atoms with Gasteiger partial charge in [-0.15, -0.1) is 0 Å². The summed E-state index contributed by atoms with van der Waals surface area (Å²) < 4.78 is 0. The van der Waals surface area contributed by atoms with Crippen LogP contribution in [0.2, 0.25) is 0 Å². The number of rotatable bonds is 0. The van der Waals surface area contributed by atoms with Gasteiger partial charge in [-0.2, -0.15) is 0 Å². The normalized spacial score (nSPS) is 43.9. The molecule has 0 aromatic heterocycles. The van der Waals surface area contributed by atoms with Crippen LogP contribution >= 0.6 is 0 Å². The summed E-state index contributed by atoms with van der Waals surface area (Å²) in [4.78, 5) is 0. The average molecular weight is 156 g/mol. The molecule has 0 heterocycles. The standard InChI is InChI=1S/C10H20O/c1-7-5-8(2)10(3,4)9(11)6-7/h7-9,11H,5-6H2,1-4H3/t7-,8-,9+/m1/s1. The first-order valence-electron chi connectivity index (χ1n) is 4.62. The molecule has 0 aromatic rings. The van der Waals surface area contributed by atoms with Gasteiger partial charge < -0.3 is 5.11 Å². The third kappa shape index (κ3) is 1.58. The van der Waals surface area contributed by atoms with E-state index in [-0.39, 0.29) is 11.5 Å². The van der Waals surface area contributed by atoms with E-state index in [1.807, 2.05) is 0 Å². The molecular formula is C10H20O. The summed E-state index contributed by atoms with van der Waals surface area (Å²) in [6, 6.07) is 0. The van der Waals surface area contributed by atoms with Gasteiger partial charge >= 0.3 is 0 Å². The van der Waals surface area contributed by atoms with E-state index in [0.29, 0.717) is 11.8 Å². The number of hydrogen-bond donors (Lipinski definition) is 1. The van der Waals surface area contributed by atoms with E-state index in [4.69, 9.17) is 0 Å². The number of aliphatic hydroxyl groups excluding tert-OH is 1. The highest BCUT2D eigenvalue weighted by Gasteiger charge is 2.39. The lowest BCUT2D eigenvalue weighted by molar-refractivity contribution is -0.0414. The minimum atomic E-state index is -0.0961. The summed E-state index contributed by atoms with van der Waals surface area (Å²) >= 11 is 0. The molecule has 1 fully saturated rings. The van der Waals surface area contributed by atoms with Crippen LogP contribution in [0.3, 0.4) is 0 Å². The van der Waals surface area contributed by atoms with Gasteiger partial charge in [0.15, 0.2) is 0 Å². The molecule has 3 atom stereocenters. The molecule has 1 aliphatic rings. The Hall–Kier alpha value is -0.0400. The van der Waals surface area contributed by atoms with Gasteiger partial charge in [0.05, 0.1) is 6.10 Å². The van der Waals surface area contributed by atoms with E-state index >= 15 is 0 Å². The van der Waals surface area contributed by atoms with E-state index < -0.39 is 0 Å². The summed E-state index contributed by atoms with van der Waals surface area (Å²) in [7, 11) is 0. The van der Waals surface area contributed by atoms with Crippen LogP contribution in [0.25, 0.3) is 0 Å². The van der Waals surface area contributed by atoms with Crippen molar-refractivity contribution < 1.29 is 5.11 Å². The van der Waals surface area contributed by atoms with Crippen molar-refractivity contribution in [2.24, 2.45) is 17.3 Å². The summed E-state index contributed by atoms with van der Waals surface area (Å²) in [5.74, 6) is 1.36. The van der Waals surface area contributed by atoms with Gasteiger partial charge in [0.1, 0.15) is 0 Å². The predicted octanol–water partition coefficient (Wildman–Crippen LogP) is 2.44. The van der Waals surface area contributed by atoms with Crippen LogP contribution in [0, 0.1) is 17.3 Å². The van der Waals surface area contributed by atoms with Crippen molar-refractivity contribution >= 4 is 0 Å². The molecule has 1 nitrogen and oxygen atoms in total. The van der Waals surface area contributed by atoms with Gasteiger partial charge in [-0.25, -0.2) is 0 Å². The van der Waals surface area contributed by atoms with Gasteiger partial charge in [0, 0.05) is 0 Å². The quantitative estimate of drug-likeness (QED) is 0.571. The van der Waals surface area contributed by atoms with E-state index in [2.05, 4.69) is 27.7 Å². The van der Waals surface area contributed by atoms with E-state index in [0.717, 1.165) is 6.42 Å². The lowest BCUT2D eigenvalue weighted by Crippen LogP contribution is -2.41. The minimum Gasteiger partial charge on any atom is -0.393 e. The summed E-state index contributed by atoms with van der Waals surface area (Å²) in [6.07, 6.45) is 2.16. The van der Waals surface area contributed by atoms with E-state index in [9.17, 15) is 5.11 Å². The first-order valence-corrected chi connectivity index (χ1v) is 4.62. The summed E-state index contributed by atoms with van der Waals surface area (Å²) in [5, 5.41) is 9.78. The monoisotopic (exact) mass is 156 g/mol. The van der Waals surface area contributed by atoms with Crippen LogP contribution < -0.4 is 0 Å². The highest BCUT2D eigenvalue weighted by Crippen LogP contribution is 2.42. The zero-order valence-corrected chi connectivity index (χ0v) is 8.09. The molecule has 0 saturated heterocycles. The van der Waals surface area contributed by atoms with E-state index in [1.165, 1.54) is 6.42 Å². The van der Waals surface area contributed by atoms with Crippen molar-refractivity contribution in [3.05, 3.63) is 0 Å². The maximum absolute atomic E-state index is 9.78. The zero-order chi connectivity index (χ0) is 8.65. The molecule has 0 amide bonds. The average Bonchev–Trinajstić information content (AvgIpc) is 1.84. The fraction of sp³-hybridized carbons (Fsp3) is 1.00. The van der Waals surface area contributed by atoms with E-state index in [1.54, 1.807) is 0 Å². The Bertz CT molecular complexity index is 126. The molecule has 0 spiro atoms. The summed E-state index contributed by atoms with van der Waals surface area (Å²) in [5.41, 5.74) is 0.131. The van der Waals surface area contributed by atoms with Crippen molar-refractivity contribution in [3.63, 3.8) is 0 Å². The highest BCUT2D eigenvalue weighted by atomic mass is 16.3. The zero-order valence-electron chi connectivity index (χ0n) is 8.09. The van der Waals surface area contributed by atoms with Gasteiger partial charge in [-0.1, -0.05) is 27.7 Å². The molecule has 1 heteroatoms. The molecule has 0 unspecified atom stereocenters. The molecule has 0 radical (unpaired) electrons. The molecule has 0 aliphatic heterocycles. The Morgan fingerprint density at radius 1 is 1.18 bits per heavy atom. The molecule has 1 N–H and O–H groups in total. The van der Waals surface area contributed by atoms with Gasteiger partial charge in [-0.3, -0.25) is 0 Å². The Morgan fingerprint density at radius 3 is 2.18 bits per heavy atom. The fourth-order valence-corrected chi connectivity index (χ4v) is 2.02. The largest absolute Gasteiger partial charge is 0.393 e. The van der Waals surface area contributed by atoms with Crippen molar-refractivity contribution in [2.75, 3.05) is 0 Å². The smallest absolute Gasteiger partial charge is 0.0596 e. The first kappa shape index (κ1) is 9.05. The van der Waals surface area contributed by atoms with Crippen LogP contribution in [0.4, 0.5) is 0 Å². The topological polar surface area (TPSA) is 20.2 Å². The second-order valence-corrected chi connectivity index (χ2v) is 4.81. The van der Waals surface area contributed by atoms with Crippen molar-refractivity contribution in [1.82, 2.24) is 0 Å². The van der Waals surface area contributed by atoms with Crippen molar-refractivity contribution in [2.45, 2.75) is 46.6 Å². The Morgan fingerprint density at radius 2 is 1.73 bits per heavy atom. The molecule has 1 rings (SSSR count). The molecular weight excluding hydrogens is 136 g/mol. The molecule has 0 bridgehead atoms. The van der Waals surface area contributed by atoms with Gasteiger partial charge in [-0.05, 0) is 30.1 Å². The molecule has 66 valence electrons. The molecule has 1 aliphatic carbocycles. The first-order chi connectivity index (χ1) is 4.94. The lowest BCUT2D eigenvalue weighted by Gasteiger charge is -2.43. The second-order valence-electron chi connectivity index (χ2n) is 4.81.